The number of amides is 1. The number of hydrogen-bond acceptors (Lipinski definition) is 2. The highest BCUT2D eigenvalue weighted by molar-refractivity contribution is 5.97. The first-order chi connectivity index (χ1) is 11.6. The van der Waals surface area contributed by atoms with Gasteiger partial charge in [0.25, 0.3) is 5.91 Å². The summed E-state index contributed by atoms with van der Waals surface area (Å²) in [4.78, 5) is 14.8. The van der Waals surface area contributed by atoms with Gasteiger partial charge in [0.15, 0.2) is 0 Å². The van der Waals surface area contributed by atoms with Gasteiger partial charge in [-0.2, -0.15) is 0 Å². The van der Waals surface area contributed by atoms with Crippen LogP contribution in [0.1, 0.15) is 42.1 Å². The standard InChI is InChI=1S/C20H22FNO2/c1-15-6-4-5-13-22(15)20(23)18-7-2-3-8-19(18)24-14-16-9-11-17(21)12-10-16/h2-3,7-12,15H,4-6,13-14H2,1H3. The van der Waals surface area contributed by atoms with Crippen molar-refractivity contribution in [1.82, 2.24) is 4.90 Å². The van der Waals surface area contributed by atoms with Crippen LogP contribution in [-0.4, -0.2) is 23.4 Å². The summed E-state index contributed by atoms with van der Waals surface area (Å²) in [6.07, 6.45) is 3.27. The van der Waals surface area contributed by atoms with Crippen molar-refractivity contribution in [2.75, 3.05) is 6.54 Å². The van der Waals surface area contributed by atoms with E-state index in [0.717, 1.165) is 24.9 Å². The second kappa shape index (κ2) is 7.47. The Morgan fingerprint density at radius 1 is 1.17 bits per heavy atom. The maximum absolute atomic E-state index is 13.0. The van der Waals surface area contributed by atoms with Crippen LogP contribution in [0.4, 0.5) is 4.39 Å². The average Bonchev–Trinajstić information content (AvgIpc) is 2.61. The van der Waals surface area contributed by atoms with Gasteiger partial charge >= 0.3 is 0 Å². The van der Waals surface area contributed by atoms with Gasteiger partial charge in [0.05, 0.1) is 5.56 Å². The molecule has 1 aliphatic rings. The molecule has 126 valence electrons. The SMILES string of the molecule is CC1CCCCN1C(=O)c1ccccc1OCc1ccc(F)cc1. The minimum absolute atomic E-state index is 0.0249. The first kappa shape index (κ1) is 16.5. The summed E-state index contributed by atoms with van der Waals surface area (Å²) < 4.78 is 18.8. The van der Waals surface area contributed by atoms with E-state index < -0.39 is 0 Å². The molecule has 0 bridgehead atoms. The molecule has 1 amide bonds. The lowest BCUT2D eigenvalue weighted by Crippen LogP contribution is -2.42. The number of piperidine rings is 1. The summed E-state index contributed by atoms with van der Waals surface area (Å²) in [7, 11) is 0. The second-order valence-corrected chi connectivity index (χ2v) is 6.25. The van der Waals surface area contributed by atoms with Crippen molar-refractivity contribution in [1.29, 1.82) is 0 Å². The molecule has 0 saturated carbocycles. The summed E-state index contributed by atoms with van der Waals surface area (Å²) in [5.74, 6) is 0.329. The molecule has 2 aromatic carbocycles. The maximum Gasteiger partial charge on any atom is 0.257 e. The summed E-state index contributed by atoms with van der Waals surface area (Å²) in [6, 6.07) is 13.8. The number of carbonyl (C=O) groups is 1. The van der Waals surface area contributed by atoms with Crippen LogP contribution in [0.2, 0.25) is 0 Å². The van der Waals surface area contributed by atoms with Crippen molar-refractivity contribution in [3.05, 3.63) is 65.5 Å². The molecule has 1 fully saturated rings. The second-order valence-electron chi connectivity index (χ2n) is 6.25. The Balaban J connectivity index is 1.74. The Hall–Kier alpha value is -2.36. The van der Waals surface area contributed by atoms with Crippen LogP contribution in [0.15, 0.2) is 48.5 Å². The Morgan fingerprint density at radius 2 is 1.92 bits per heavy atom. The van der Waals surface area contributed by atoms with Gasteiger partial charge in [-0.3, -0.25) is 4.79 Å². The van der Waals surface area contributed by atoms with Gasteiger partial charge in [-0.05, 0) is 56.0 Å². The van der Waals surface area contributed by atoms with Crippen molar-refractivity contribution < 1.29 is 13.9 Å². The Morgan fingerprint density at radius 3 is 2.67 bits per heavy atom. The van der Waals surface area contributed by atoms with E-state index >= 15 is 0 Å². The lowest BCUT2D eigenvalue weighted by atomic mass is 10.0. The van der Waals surface area contributed by atoms with Gasteiger partial charge in [-0.15, -0.1) is 0 Å². The van der Waals surface area contributed by atoms with Gasteiger partial charge < -0.3 is 9.64 Å². The number of hydrogen-bond donors (Lipinski definition) is 0. The fourth-order valence-corrected chi connectivity index (χ4v) is 3.07. The highest BCUT2D eigenvalue weighted by Crippen LogP contribution is 2.25. The van der Waals surface area contributed by atoms with Crippen LogP contribution in [0, 0.1) is 5.82 Å². The fourth-order valence-electron chi connectivity index (χ4n) is 3.07. The van der Waals surface area contributed by atoms with Gasteiger partial charge in [-0.25, -0.2) is 4.39 Å². The monoisotopic (exact) mass is 327 g/mol. The van der Waals surface area contributed by atoms with Gasteiger partial charge in [0.1, 0.15) is 18.2 Å². The van der Waals surface area contributed by atoms with Gasteiger partial charge in [0, 0.05) is 12.6 Å². The lowest BCUT2D eigenvalue weighted by molar-refractivity contribution is 0.0631. The van der Waals surface area contributed by atoms with Crippen molar-refractivity contribution in [3.8, 4) is 5.75 Å². The minimum Gasteiger partial charge on any atom is -0.488 e. The molecule has 1 aliphatic heterocycles. The predicted molar refractivity (Wildman–Crippen MR) is 91.5 cm³/mol. The first-order valence-corrected chi connectivity index (χ1v) is 8.42. The van der Waals surface area contributed by atoms with Crippen LogP contribution in [0.25, 0.3) is 0 Å². The Labute approximate surface area is 142 Å². The largest absolute Gasteiger partial charge is 0.488 e. The summed E-state index contributed by atoms with van der Waals surface area (Å²) in [5, 5.41) is 0. The number of nitrogens with zero attached hydrogens (tertiary/aromatic N) is 1. The van der Waals surface area contributed by atoms with Crippen LogP contribution in [0.5, 0.6) is 5.75 Å². The summed E-state index contributed by atoms with van der Waals surface area (Å²) in [6.45, 7) is 3.20. The zero-order valence-electron chi connectivity index (χ0n) is 13.9. The van der Waals surface area contributed by atoms with E-state index in [4.69, 9.17) is 4.74 Å². The molecule has 0 aromatic heterocycles. The number of rotatable bonds is 4. The smallest absolute Gasteiger partial charge is 0.257 e. The molecule has 3 rings (SSSR count). The Kier molecular flexibility index (Phi) is 5.14. The number of para-hydroxylation sites is 1. The molecule has 1 heterocycles. The molecule has 0 spiro atoms. The fraction of sp³-hybridized carbons (Fsp3) is 0.350. The van der Waals surface area contributed by atoms with Gasteiger partial charge in [0.2, 0.25) is 0 Å². The molecule has 0 aliphatic carbocycles. The first-order valence-electron chi connectivity index (χ1n) is 8.42. The third-order valence-corrected chi connectivity index (χ3v) is 4.49. The number of halogens is 1. The molecule has 1 unspecified atom stereocenters. The minimum atomic E-state index is -0.270. The zero-order valence-corrected chi connectivity index (χ0v) is 13.9. The molecule has 1 atom stereocenters. The summed E-state index contributed by atoms with van der Waals surface area (Å²) >= 11 is 0. The van der Waals surface area contributed by atoms with E-state index in [1.165, 1.54) is 18.6 Å². The number of benzene rings is 2. The van der Waals surface area contributed by atoms with E-state index in [1.807, 2.05) is 29.2 Å². The number of ether oxygens (including phenoxy) is 1. The van der Waals surface area contributed by atoms with E-state index in [2.05, 4.69) is 6.92 Å². The quantitative estimate of drug-likeness (QED) is 0.832. The zero-order chi connectivity index (χ0) is 16.9. The maximum atomic E-state index is 13.0. The van der Waals surface area contributed by atoms with E-state index in [1.54, 1.807) is 12.1 Å². The molecular formula is C20H22FNO2. The van der Waals surface area contributed by atoms with E-state index in [0.29, 0.717) is 17.9 Å². The van der Waals surface area contributed by atoms with Crippen LogP contribution in [0.3, 0.4) is 0 Å². The molecule has 2 aromatic rings. The summed E-state index contributed by atoms with van der Waals surface area (Å²) in [5.41, 5.74) is 1.46. The average molecular weight is 327 g/mol. The number of likely N-dealkylation sites (tertiary alicyclic amines) is 1. The highest BCUT2D eigenvalue weighted by Gasteiger charge is 2.26. The Bertz CT molecular complexity index is 699. The van der Waals surface area contributed by atoms with Gasteiger partial charge in [-0.1, -0.05) is 24.3 Å². The molecule has 0 radical (unpaired) electrons. The van der Waals surface area contributed by atoms with E-state index in [9.17, 15) is 9.18 Å². The van der Waals surface area contributed by atoms with Crippen molar-refractivity contribution in [2.45, 2.75) is 38.8 Å². The number of carbonyl (C=O) groups excluding carboxylic acids is 1. The normalized spacial score (nSPS) is 17.6. The van der Waals surface area contributed by atoms with Crippen LogP contribution >= 0.6 is 0 Å². The van der Waals surface area contributed by atoms with Crippen LogP contribution < -0.4 is 4.74 Å². The van der Waals surface area contributed by atoms with Crippen LogP contribution in [-0.2, 0) is 6.61 Å². The van der Waals surface area contributed by atoms with Crippen molar-refractivity contribution >= 4 is 5.91 Å². The molecule has 0 N–H and O–H groups in total. The van der Waals surface area contributed by atoms with E-state index in [-0.39, 0.29) is 17.8 Å². The molecule has 24 heavy (non-hydrogen) atoms. The highest BCUT2D eigenvalue weighted by atomic mass is 19.1. The molecular weight excluding hydrogens is 305 g/mol. The molecule has 3 nitrogen and oxygen atoms in total. The lowest BCUT2D eigenvalue weighted by Gasteiger charge is -2.33. The third kappa shape index (κ3) is 3.75. The molecule has 4 heteroatoms. The molecule has 1 saturated heterocycles. The van der Waals surface area contributed by atoms with Crippen molar-refractivity contribution in [3.63, 3.8) is 0 Å². The third-order valence-electron chi connectivity index (χ3n) is 4.49. The van der Waals surface area contributed by atoms with Crippen molar-refractivity contribution in [2.24, 2.45) is 0 Å². The topological polar surface area (TPSA) is 29.5 Å². The predicted octanol–water partition coefficient (Wildman–Crippen LogP) is 4.42.